The summed E-state index contributed by atoms with van der Waals surface area (Å²) < 4.78 is 12.0. The molecule has 2 unspecified atom stereocenters. The van der Waals surface area contributed by atoms with Crippen molar-refractivity contribution in [2.75, 3.05) is 59.2 Å². The van der Waals surface area contributed by atoms with Gasteiger partial charge in [0.05, 0.1) is 37.2 Å². The van der Waals surface area contributed by atoms with Gasteiger partial charge in [-0.1, -0.05) is 50.3 Å². The zero-order valence-corrected chi connectivity index (χ0v) is 26.5. The lowest BCUT2D eigenvalue weighted by Gasteiger charge is -2.37. The second-order valence-corrected chi connectivity index (χ2v) is 14.1. The van der Waals surface area contributed by atoms with E-state index in [0.717, 1.165) is 76.6 Å². The number of aliphatic hydroxyl groups excluding tert-OH is 1. The Balaban J connectivity index is 1.04. The average Bonchev–Trinajstić information content (AvgIpc) is 3.71. The van der Waals surface area contributed by atoms with Gasteiger partial charge in [-0.2, -0.15) is 0 Å². The lowest BCUT2D eigenvalue weighted by Crippen LogP contribution is -2.44. The van der Waals surface area contributed by atoms with Crippen molar-refractivity contribution in [2.45, 2.75) is 64.1 Å². The number of fused-ring (bicyclic) bond motifs is 1. The highest BCUT2D eigenvalue weighted by Gasteiger charge is 2.43. The molecule has 8 nitrogen and oxygen atoms in total. The maximum Gasteiger partial charge on any atom is 0.220 e. The zero-order valence-electron chi connectivity index (χ0n) is 25.6. The van der Waals surface area contributed by atoms with Crippen LogP contribution in [0.15, 0.2) is 42.5 Å². The Kier molecular flexibility index (Phi) is 9.47. The van der Waals surface area contributed by atoms with E-state index in [9.17, 15) is 4.79 Å². The van der Waals surface area contributed by atoms with E-state index in [1.165, 1.54) is 27.3 Å². The fraction of sp³-hybridized carbons (Fsp3) is 0.588. The normalized spacial score (nSPS) is 25.3. The number of rotatable bonds is 12. The molecule has 1 aromatic carbocycles. The molecule has 6 rings (SSSR count). The van der Waals surface area contributed by atoms with Gasteiger partial charge < -0.3 is 24.8 Å². The molecule has 9 heteroatoms. The van der Waals surface area contributed by atoms with Gasteiger partial charge in [-0.05, 0) is 36.5 Å². The van der Waals surface area contributed by atoms with Crippen LogP contribution in [0.2, 0.25) is 0 Å². The van der Waals surface area contributed by atoms with Crippen molar-refractivity contribution >= 4 is 22.8 Å². The first kappa shape index (κ1) is 30.6. The molecular formula is C34H46N4O4S. The third-order valence-electron chi connectivity index (χ3n) is 9.56. The van der Waals surface area contributed by atoms with Crippen molar-refractivity contribution in [3.63, 3.8) is 0 Å². The van der Waals surface area contributed by atoms with E-state index in [0.29, 0.717) is 19.6 Å². The molecule has 1 amide bonds. The number of aromatic nitrogens is 1. The minimum Gasteiger partial charge on any atom is -0.394 e. The summed E-state index contributed by atoms with van der Waals surface area (Å²) in [6, 6.07) is 8.82. The highest BCUT2D eigenvalue weighted by atomic mass is 32.1. The molecular weight excluding hydrogens is 560 g/mol. The number of carbonyl (C=O) groups is 1. The number of aliphatic hydroxyl groups is 1. The molecule has 1 aromatic heterocycles. The number of hydrogen-bond donors (Lipinski definition) is 2. The van der Waals surface area contributed by atoms with Gasteiger partial charge in [-0.25, -0.2) is 4.98 Å². The largest absolute Gasteiger partial charge is 0.394 e. The van der Waals surface area contributed by atoms with Gasteiger partial charge in [0.2, 0.25) is 5.91 Å². The maximum absolute atomic E-state index is 11.8. The number of allylic oxidation sites excluding steroid dienone is 2. The molecule has 3 aliphatic heterocycles. The van der Waals surface area contributed by atoms with Crippen LogP contribution in [0, 0.1) is 5.41 Å². The van der Waals surface area contributed by atoms with Crippen LogP contribution in [0.1, 0.15) is 55.7 Å². The number of amides is 1. The quantitative estimate of drug-likeness (QED) is 0.349. The van der Waals surface area contributed by atoms with E-state index in [2.05, 4.69) is 71.5 Å². The molecule has 2 saturated heterocycles. The zero-order chi connectivity index (χ0) is 29.9. The van der Waals surface area contributed by atoms with Crippen molar-refractivity contribution in [3.05, 3.63) is 58.6 Å². The Morgan fingerprint density at radius 2 is 1.98 bits per heavy atom. The predicted octanol–water partition coefficient (Wildman–Crippen LogP) is 4.29. The molecule has 0 bridgehead atoms. The smallest absolute Gasteiger partial charge is 0.220 e. The van der Waals surface area contributed by atoms with Gasteiger partial charge in [-0.3, -0.25) is 9.69 Å². The molecule has 232 valence electrons. The molecule has 0 radical (unpaired) electrons. The van der Waals surface area contributed by atoms with Gasteiger partial charge >= 0.3 is 0 Å². The summed E-state index contributed by atoms with van der Waals surface area (Å²) in [4.78, 5) is 23.0. The lowest BCUT2D eigenvalue weighted by molar-refractivity contribution is -0.119. The average molecular weight is 607 g/mol. The molecule has 0 saturated carbocycles. The Morgan fingerprint density at radius 3 is 2.81 bits per heavy atom. The summed E-state index contributed by atoms with van der Waals surface area (Å²) in [5.41, 5.74) is 4.76. The molecule has 4 heterocycles. The Morgan fingerprint density at radius 1 is 1.09 bits per heavy atom. The molecule has 4 aliphatic rings. The number of thiazole rings is 1. The van der Waals surface area contributed by atoms with Crippen molar-refractivity contribution in [1.29, 1.82) is 0 Å². The van der Waals surface area contributed by atoms with E-state index in [1.54, 1.807) is 11.3 Å². The van der Waals surface area contributed by atoms with Crippen molar-refractivity contribution in [3.8, 4) is 10.6 Å². The summed E-state index contributed by atoms with van der Waals surface area (Å²) in [6.07, 6.45) is 11.2. The summed E-state index contributed by atoms with van der Waals surface area (Å²) >= 11 is 1.81. The Bertz CT molecular complexity index is 1350. The van der Waals surface area contributed by atoms with Crippen LogP contribution < -0.4 is 5.32 Å². The van der Waals surface area contributed by atoms with E-state index in [-0.39, 0.29) is 29.6 Å². The fourth-order valence-electron chi connectivity index (χ4n) is 7.06. The summed E-state index contributed by atoms with van der Waals surface area (Å²) in [5.74, 6) is 0.209. The van der Waals surface area contributed by atoms with Crippen molar-refractivity contribution in [2.24, 2.45) is 5.41 Å². The van der Waals surface area contributed by atoms with Gasteiger partial charge in [0, 0.05) is 74.6 Å². The molecule has 2 fully saturated rings. The molecule has 1 aliphatic carbocycles. The van der Waals surface area contributed by atoms with Crippen molar-refractivity contribution in [1.82, 2.24) is 20.1 Å². The minimum atomic E-state index is -0.167. The molecule has 1 spiro atoms. The molecule has 2 atom stereocenters. The molecule has 2 N–H and O–H groups in total. The third kappa shape index (κ3) is 6.97. The summed E-state index contributed by atoms with van der Waals surface area (Å²) in [5, 5.41) is 13.2. The topological polar surface area (TPSA) is 87.2 Å². The SMILES string of the molecule is CC1(C)C(c2cccc(-c3nc4c(s3)CN(CCOCCO)CC4)c2)=CC=CC1OCCCN1CCC2(CCC(=O)N2)C1. The number of benzene rings is 1. The number of hydrogen-bond acceptors (Lipinski definition) is 8. The monoisotopic (exact) mass is 606 g/mol. The van der Waals surface area contributed by atoms with Crippen molar-refractivity contribution < 1.29 is 19.4 Å². The van der Waals surface area contributed by atoms with Crippen LogP contribution in [0.25, 0.3) is 16.1 Å². The Hall–Kier alpha value is -2.40. The van der Waals surface area contributed by atoms with Crippen LogP contribution in [-0.2, 0) is 27.2 Å². The predicted molar refractivity (Wildman–Crippen MR) is 171 cm³/mol. The standard InChI is InChI=1S/C34H46N4O4S/c1-33(2)27(8-4-9-30(33)42-19-5-14-38-16-13-34(24-38)12-10-31(40)36-34)25-6-3-7-26(22-25)32-35-28-11-15-37(23-29(28)43-32)17-20-41-21-18-39/h3-4,6-9,22,30,39H,5,10-21,23-24H2,1-2H3,(H,36,40). The molecule has 43 heavy (non-hydrogen) atoms. The number of carbonyl (C=O) groups excluding carboxylic acids is 1. The van der Waals surface area contributed by atoms with Gasteiger partial charge in [0.25, 0.3) is 0 Å². The summed E-state index contributed by atoms with van der Waals surface area (Å²) in [7, 11) is 0. The van der Waals surface area contributed by atoms with Crippen LogP contribution >= 0.6 is 11.3 Å². The fourth-order valence-corrected chi connectivity index (χ4v) is 8.21. The maximum atomic E-state index is 11.8. The van der Waals surface area contributed by atoms with Gasteiger partial charge in [0.15, 0.2) is 0 Å². The number of nitrogens with zero attached hydrogens (tertiary/aromatic N) is 3. The van der Waals surface area contributed by atoms with E-state index in [1.807, 2.05) is 0 Å². The Labute approximate surface area is 259 Å². The number of ether oxygens (including phenoxy) is 2. The number of nitrogens with one attached hydrogen (secondary N) is 1. The first-order chi connectivity index (χ1) is 20.8. The van der Waals surface area contributed by atoms with Crippen LogP contribution in [0.4, 0.5) is 0 Å². The second-order valence-electron chi connectivity index (χ2n) is 13.0. The van der Waals surface area contributed by atoms with E-state index < -0.39 is 0 Å². The number of likely N-dealkylation sites (tertiary alicyclic amines) is 1. The first-order valence-electron chi connectivity index (χ1n) is 15.9. The first-order valence-corrected chi connectivity index (χ1v) is 16.7. The van der Waals surface area contributed by atoms with E-state index >= 15 is 0 Å². The van der Waals surface area contributed by atoms with Crippen LogP contribution in [0.3, 0.4) is 0 Å². The second kappa shape index (κ2) is 13.3. The highest BCUT2D eigenvalue weighted by Crippen LogP contribution is 2.43. The van der Waals surface area contributed by atoms with E-state index in [4.69, 9.17) is 19.6 Å². The molecule has 2 aromatic rings. The third-order valence-corrected chi connectivity index (χ3v) is 10.7. The van der Waals surface area contributed by atoms with Gasteiger partial charge in [0.1, 0.15) is 5.01 Å². The highest BCUT2D eigenvalue weighted by molar-refractivity contribution is 7.15. The lowest BCUT2D eigenvalue weighted by atomic mass is 9.73. The summed E-state index contributed by atoms with van der Waals surface area (Å²) in [6.45, 7) is 12.2. The minimum absolute atomic E-state index is 0.00899. The van der Waals surface area contributed by atoms with Gasteiger partial charge in [-0.15, -0.1) is 11.3 Å². The van der Waals surface area contributed by atoms with Crippen LogP contribution in [0.5, 0.6) is 0 Å². The van der Waals surface area contributed by atoms with Crippen LogP contribution in [-0.4, -0.2) is 96.6 Å².